The quantitative estimate of drug-likeness (QED) is 0.916. The van der Waals surface area contributed by atoms with Gasteiger partial charge in [0.05, 0.1) is 12.2 Å². The lowest BCUT2D eigenvalue weighted by atomic mass is 9.92. The molecule has 0 saturated carbocycles. The van der Waals surface area contributed by atoms with E-state index in [9.17, 15) is 4.79 Å². The van der Waals surface area contributed by atoms with Crippen LogP contribution in [-0.2, 0) is 0 Å². The molecule has 1 unspecified atom stereocenters. The SMILES string of the molecule is CC(C)C1CCCCN1C(=O)c1cn(C2CCNCC2)nn1.Cl. The summed E-state index contributed by atoms with van der Waals surface area (Å²) in [6, 6.07) is 0.711. The van der Waals surface area contributed by atoms with Gasteiger partial charge in [0, 0.05) is 12.6 Å². The predicted molar refractivity (Wildman–Crippen MR) is 91.9 cm³/mol. The summed E-state index contributed by atoms with van der Waals surface area (Å²) in [6.07, 6.45) is 7.37. The number of hydrogen-bond donors (Lipinski definition) is 1. The predicted octanol–water partition coefficient (Wildman–Crippen LogP) is 2.28. The van der Waals surface area contributed by atoms with E-state index in [0.29, 0.717) is 23.7 Å². The summed E-state index contributed by atoms with van der Waals surface area (Å²) < 4.78 is 1.89. The average molecular weight is 342 g/mol. The molecule has 130 valence electrons. The Labute approximate surface area is 144 Å². The first-order valence-electron chi connectivity index (χ1n) is 8.60. The van der Waals surface area contributed by atoms with Crippen LogP contribution in [0.25, 0.3) is 0 Å². The maximum Gasteiger partial charge on any atom is 0.276 e. The summed E-state index contributed by atoms with van der Waals surface area (Å²) in [6.45, 7) is 7.26. The number of carbonyl (C=O) groups excluding carboxylic acids is 1. The largest absolute Gasteiger partial charge is 0.334 e. The number of hydrogen-bond acceptors (Lipinski definition) is 4. The zero-order chi connectivity index (χ0) is 15.5. The minimum atomic E-state index is 0. The molecular formula is C16H28ClN5O. The van der Waals surface area contributed by atoms with Crippen molar-refractivity contribution >= 4 is 18.3 Å². The number of rotatable bonds is 3. The molecule has 23 heavy (non-hydrogen) atoms. The molecule has 1 N–H and O–H groups in total. The van der Waals surface area contributed by atoms with E-state index in [1.54, 1.807) is 0 Å². The second-order valence-corrected chi connectivity index (χ2v) is 6.87. The molecule has 0 bridgehead atoms. The Morgan fingerprint density at radius 3 is 2.70 bits per heavy atom. The van der Waals surface area contributed by atoms with Gasteiger partial charge in [0.25, 0.3) is 5.91 Å². The van der Waals surface area contributed by atoms with E-state index in [2.05, 4.69) is 29.5 Å². The molecule has 2 aliphatic heterocycles. The van der Waals surface area contributed by atoms with Gasteiger partial charge >= 0.3 is 0 Å². The third-order valence-electron chi connectivity index (χ3n) is 4.99. The van der Waals surface area contributed by atoms with Crippen LogP contribution in [0.5, 0.6) is 0 Å². The number of nitrogens with one attached hydrogen (secondary N) is 1. The van der Waals surface area contributed by atoms with Crippen molar-refractivity contribution in [2.24, 2.45) is 5.92 Å². The molecular weight excluding hydrogens is 314 g/mol. The van der Waals surface area contributed by atoms with Gasteiger partial charge in [-0.15, -0.1) is 17.5 Å². The fraction of sp³-hybridized carbons (Fsp3) is 0.812. The van der Waals surface area contributed by atoms with Gasteiger partial charge in [-0.05, 0) is 51.1 Å². The topological polar surface area (TPSA) is 63.1 Å². The van der Waals surface area contributed by atoms with Crippen LogP contribution in [0, 0.1) is 5.92 Å². The second-order valence-electron chi connectivity index (χ2n) is 6.87. The molecule has 0 radical (unpaired) electrons. The maximum atomic E-state index is 12.8. The van der Waals surface area contributed by atoms with Crippen molar-refractivity contribution < 1.29 is 4.79 Å². The molecule has 3 heterocycles. The van der Waals surface area contributed by atoms with E-state index >= 15 is 0 Å². The third kappa shape index (κ3) is 4.04. The highest BCUT2D eigenvalue weighted by Gasteiger charge is 2.31. The van der Waals surface area contributed by atoms with Gasteiger partial charge in [0.1, 0.15) is 0 Å². The Hall–Kier alpha value is -1.14. The highest BCUT2D eigenvalue weighted by Crippen LogP contribution is 2.25. The van der Waals surface area contributed by atoms with Gasteiger partial charge in [-0.2, -0.15) is 0 Å². The Bertz CT molecular complexity index is 512. The molecule has 1 atom stereocenters. The van der Waals surface area contributed by atoms with E-state index in [1.807, 2.05) is 15.8 Å². The molecule has 1 aromatic rings. The molecule has 0 aliphatic carbocycles. The maximum absolute atomic E-state index is 12.8. The number of likely N-dealkylation sites (tertiary alicyclic amines) is 1. The molecule has 6 nitrogen and oxygen atoms in total. The zero-order valence-corrected chi connectivity index (χ0v) is 14.9. The summed E-state index contributed by atoms with van der Waals surface area (Å²) >= 11 is 0. The standard InChI is InChI=1S/C16H27N5O.ClH/c1-12(2)15-5-3-4-10-20(15)16(22)14-11-21(19-18-14)13-6-8-17-9-7-13;/h11-13,15,17H,3-10H2,1-2H3;1H. The summed E-state index contributed by atoms with van der Waals surface area (Å²) in [4.78, 5) is 14.8. The van der Waals surface area contributed by atoms with Crippen LogP contribution >= 0.6 is 12.4 Å². The second kappa shape index (κ2) is 8.11. The number of carbonyl (C=O) groups is 1. The Kier molecular flexibility index (Phi) is 6.41. The minimum absolute atomic E-state index is 0. The molecule has 0 aromatic carbocycles. The first-order valence-corrected chi connectivity index (χ1v) is 8.60. The molecule has 1 aromatic heterocycles. The van der Waals surface area contributed by atoms with Crippen LogP contribution in [0.4, 0.5) is 0 Å². The summed E-state index contributed by atoms with van der Waals surface area (Å²) in [5.41, 5.74) is 0.506. The van der Waals surface area contributed by atoms with Gasteiger partial charge in [-0.25, -0.2) is 4.68 Å². The Balaban J connectivity index is 0.00000192. The van der Waals surface area contributed by atoms with Crippen molar-refractivity contribution in [2.75, 3.05) is 19.6 Å². The van der Waals surface area contributed by atoms with Gasteiger partial charge in [-0.3, -0.25) is 4.79 Å². The van der Waals surface area contributed by atoms with Crippen LogP contribution in [0.1, 0.15) is 62.5 Å². The van der Waals surface area contributed by atoms with Crippen molar-refractivity contribution in [3.8, 4) is 0 Å². The first-order chi connectivity index (χ1) is 10.7. The van der Waals surface area contributed by atoms with E-state index in [1.165, 1.54) is 6.42 Å². The van der Waals surface area contributed by atoms with E-state index < -0.39 is 0 Å². The van der Waals surface area contributed by atoms with Gasteiger partial charge in [0.2, 0.25) is 0 Å². The molecule has 2 aliphatic rings. The van der Waals surface area contributed by atoms with E-state index in [-0.39, 0.29) is 18.3 Å². The van der Waals surface area contributed by atoms with Crippen LogP contribution in [0.3, 0.4) is 0 Å². The van der Waals surface area contributed by atoms with Gasteiger partial charge < -0.3 is 10.2 Å². The lowest BCUT2D eigenvalue weighted by Gasteiger charge is -2.37. The average Bonchev–Trinajstić information content (AvgIpc) is 3.05. The summed E-state index contributed by atoms with van der Waals surface area (Å²) in [5.74, 6) is 0.544. The number of piperidine rings is 2. The van der Waals surface area contributed by atoms with Crippen LogP contribution in [-0.4, -0.2) is 51.5 Å². The fourth-order valence-corrected chi connectivity index (χ4v) is 3.67. The normalized spacial score (nSPS) is 22.9. The van der Waals surface area contributed by atoms with Crippen molar-refractivity contribution in [3.05, 3.63) is 11.9 Å². The first kappa shape index (κ1) is 18.2. The number of nitrogens with zero attached hydrogens (tertiary/aromatic N) is 4. The summed E-state index contributed by atoms with van der Waals surface area (Å²) in [5, 5.41) is 11.7. The minimum Gasteiger partial charge on any atom is -0.334 e. The van der Waals surface area contributed by atoms with Crippen molar-refractivity contribution in [1.82, 2.24) is 25.2 Å². The van der Waals surface area contributed by atoms with Crippen LogP contribution < -0.4 is 5.32 Å². The monoisotopic (exact) mass is 341 g/mol. The Morgan fingerprint density at radius 2 is 2.00 bits per heavy atom. The molecule has 3 rings (SSSR count). The van der Waals surface area contributed by atoms with Gasteiger partial charge in [-0.1, -0.05) is 19.1 Å². The number of aromatic nitrogens is 3. The van der Waals surface area contributed by atoms with Gasteiger partial charge in [0.15, 0.2) is 5.69 Å². The fourth-order valence-electron chi connectivity index (χ4n) is 3.67. The lowest BCUT2D eigenvalue weighted by molar-refractivity contribution is 0.0537. The molecule has 2 saturated heterocycles. The van der Waals surface area contributed by atoms with E-state index in [4.69, 9.17) is 0 Å². The van der Waals surface area contributed by atoms with Crippen LogP contribution in [0.2, 0.25) is 0 Å². The van der Waals surface area contributed by atoms with Crippen molar-refractivity contribution in [3.63, 3.8) is 0 Å². The van der Waals surface area contributed by atoms with E-state index in [0.717, 1.165) is 45.3 Å². The molecule has 2 fully saturated rings. The highest BCUT2D eigenvalue weighted by atomic mass is 35.5. The smallest absolute Gasteiger partial charge is 0.276 e. The van der Waals surface area contributed by atoms with Crippen molar-refractivity contribution in [2.45, 2.75) is 58.0 Å². The Morgan fingerprint density at radius 1 is 1.26 bits per heavy atom. The molecule has 1 amide bonds. The highest BCUT2D eigenvalue weighted by molar-refractivity contribution is 5.92. The zero-order valence-electron chi connectivity index (χ0n) is 14.1. The number of amides is 1. The van der Waals surface area contributed by atoms with Crippen molar-refractivity contribution in [1.29, 1.82) is 0 Å². The number of halogens is 1. The lowest BCUT2D eigenvalue weighted by Crippen LogP contribution is -2.46. The molecule has 7 heteroatoms. The van der Waals surface area contributed by atoms with Crippen LogP contribution in [0.15, 0.2) is 6.20 Å². The summed E-state index contributed by atoms with van der Waals surface area (Å²) in [7, 11) is 0. The third-order valence-corrected chi connectivity index (χ3v) is 4.99. The molecule has 0 spiro atoms.